The predicted molar refractivity (Wildman–Crippen MR) is 216 cm³/mol. The minimum Gasteiger partial charge on any atom is -0.463 e. The number of allylic oxidation sites excluding steroid dienone is 2. The topological polar surface area (TPSA) is 103 Å². The lowest BCUT2D eigenvalue weighted by Gasteiger charge is -2.29. The summed E-state index contributed by atoms with van der Waals surface area (Å²) >= 11 is 0. The maximum atomic E-state index is 13.5. The van der Waals surface area contributed by atoms with Crippen molar-refractivity contribution in [3.05, 3.63) is 150 Å². The fourth-order valence-corrected chi connectivity index (χ4v) is 7.47. The van der Waals surface area contributed by atoms with Crippen molar-refractivity contribution in [2.24, 2.45) is 17.8 Å². The maximum Gasteiger partial charge on any atom is 0.343 e. The Hall–Kier alpha value is -5.88. The first-order valence-electron chi connectivity index (χ1n) is 19.6. The van der Waals surface area contributed by atoms with Crippen LogP contribution < -0.4 is 4.74 Å². The summed E-state index contributed by atoms with van der Waals surface area (Å²) in [7, 11) is 0. The molecule has 0 amide bonds. The van der Waals surface area contributed by atoms with E-state index in [0.717, 1.165) is 72.4 Å². The molecule has 57 heavy (non-hydrogen) atoms. The Morgan fingerprint density at radius 2 is 1.35 bits per heavy atom. The van der Waals surface area contributed by atoms with Crippen molar-refractivity contribution in [1.29, 1.82) is 5.26 Å². The van der Waals surface area contributed by atoms with Gasteiger partial charge in [-0.3, -0.25) is 0 Å². The maximum absolute atomic E-state index is 13.5. The third kappa shape index (κ3) is 13.1. The molecule has 2 fully saturated rings. The van der Waals surface area contributed by atoms with Gasteiger partial charge in [0.1, 0.15) is 12.4 Å². The molecule has 0 radical (unpaired) electrons. The number of esters is 3. The molecule has 0 aromatic heterocycles. The Balaban J connectivity index is 0.000000219. The molecule has 0 unspecified atom stereocenters. The third-order valence-corrected chi connectivity index (χ3v) is 10.8. The van der Waals surface area contributed by atoms with Gasteiger partial charge in [0, 0.05) is 12.2 Å². The minimum atomic E-state index is -0.763. The van der Waals surface area contributed by atoms with Gasteiger partial charge in [0.2, 0.25) is 0 Å². The zero-order chi connectivity index (χ0) is 40.6. The monoisotopic (exact) mass is 773 g/mol. The lowest BCUT2D eigenvalue weighted by molar-refractivity contribution is -0.139. The van der Waals surface area contributed by atoms with E-state index in [0.29, 0.717) is 41.2 Å². The van der Waals surface area contributed by atoms with Crippen molar-refractivity contribution in [2.75, 3.05) is 6.61 Å². The fraction of sp³-hybridized carbons (Fsp3) is 0.333. The Morgan fingerprint density at radius 3 is 2.00 bits per heavy atom. The van der Waals surface area contributed by atoms with Crippen molar-refractivity contribution in [2.45, 2.75) is 76.7 Å². The van der Waals surface area contributed by atoms with E-state index in [1.807, 2.05) is 6.07 Å². The van der Waals surface area contributed by atoms with E-state index in [9.17, 15) is 23.2 Å². The molecule has 296 valence electrons. The van der Waals surface area contributed by atoms with Gasteiger partial charge in [-0.25, -0.2) is 23.2 Å². The van der Waals surface area contributed by atoms with Crippen molar-refractivity contribution >= 4 is 28.7 Å². The number of carbonyl (C=O) groups is 3. The van der Waals surface area contributed by atoms with Crippen LogP contribution in [0.3, 0.4) is 0 Å². The van der Waals surface area contributed by atoms with Crippen molar-refractivity contribution in [1.82, 2.24) is 0 Å². The largest absolute Gasteiger partial charge is 0.463 e. The van der Waals surface area contributed by atoms with Crippen LogP contribution in [0.25, 0.3) is 10.8 Å². The normalized spacial score (nSPS) is 19.0. The lowest BCUT2D eigenvalue weighted by atomic mass is 9.77. The van der Waals surface area contributed by atoms with Crippen LogP contribution in [0.4, 0.5) is 8.78 Å². The van der Waals surface area contributed by atoms with Gasteiger partial charge in [-0.1, -0.05) is 55.6 Å². The van der Waals surface area contributed by atoms with Crippen LogP contribution in [0.1, 0.15) is 97.2 Å². The Labute approximate surface area is 333 Å². The second-order valence-corrected chi connectivity index (χ2v) is 14.7. The van der Waals surface area contributed by atoms with Crippen LogP contribution >= 0.6 is 0 Å². The number of hydrogen-bond donors (Lipinski definition) is 0. The minimum absolute atomic E-state index is 0.107. The number of nitrogens with zero attached hydrogens (tertiary/aromatic N) is 1. The average molecular weight is 774 g/mol. The fourth-order valence-electron chi connectivity index (χ4n) is 7.47. The lowest BCUT2D eigenvalue weighted by Crippen LogP contribution is -2.15. The smallest absolute Gasteiger partial charge is 0.343 e. The molecule has 2 aliphatic rings. The molecule has 7 nitrogen and oxygen atoms in total. The molecule has 0 N–H and O–H groups in total. The van der Waals surface area contributed by atoms with Crippen molar-refractivity contribution < 1.29 is 37.4 Å². The summed E-state index contributed by atoms with van der Waals surface area (Å²) in [5.41, 5.74) is 2.65. The van der Waals surface area contributed by atoms with Gasteiger partial charge in [0.15, 0.2) is 11.6 Å². The van der Waals surface area contributed by atoms with Gasteiger partial charge in [-0.15, -0.1) is 0 Å². The number of fused-ring (bicyclic) bond motifs is 1. The van der Waals surface area contributed by atoms with Gasteiger partial charge in [-0.2, -0.15) is 5.26 Å². The number of ether oxygens (including phenoxy) is 3. The van der Waals surface area contributed by atoms with Crippen molar-refractivity contribution in [3.8, 4) is 11.8 Å². The summed E-state index contributed by atoms with van der Waals surface area (Å²) in [6, 6.07) is 23.6. The molecular weight excluding hydrogens is 725 g/mol. The number of hydrogen-bond acceptors (Lipinski definition) is 7. The summed E-state index contributed by atoms with van der Waals surface area (Å²) in [6.45, 7) is 7.34. The van der Waals surface area contributed by atoms with Gasteiger partial charge < -0.3 is 14.2 Å². The van der Waals surface area contributed by atoms with E-state index in [1.54, 1.807) is 60.7 Å². The molecule has 6 rings (SSSR count). The van der Waals surface area contributed by atoms with Crippen LogP contribution in [0.5, 0.6) is 5.75 Å². The average Bonchev–Trinajstić information content (AvgIpc) is 3.25. The number of benzene rings is 4. The first kappa shape index (κ1) is 42.3. The number of rotatable bonds is 13. The Morgan fingerprint density at radius 1 is 0.719 bits per heavy atom. The van der Waals surface area contributed by atoms with Gasteiger partial charge >= 0.3 is 17.9 Å². The van der Waals surface area contributed by atoms with Crippen LogP contribution in [0.15, 0.2) is 116 Å². The van der Waals surface area contributed by atoms with E-state index < -0.39 is 23.6 Å². The van der Waals surface area contributed by atoms with Gasteiger partial charge in [0.25, 0.3) is 0 Å². The molecule has 4 aromatic carbocycles. The van der Waals surface area contributed by atoms with E-state index in [4.69, 9.17) is 19.5 Å². The van der Waals surface area contributed by atoms with Crippen LogP contribution in [0, 0.1) is 40.7 Å². The molecule has 0 atom stereocenters. The molecule has 0 aliphatic heterocycles. The summed E-state index contributed by atoms with van der Waals surface area (Å²) < 4.78 is 42.0. The Kier molecular flexibility index (Phi) is 15.9. The van der Waals surface area contributed by atoms with E-state index in [2.05, 4.69) is 31.4 Å². The first-order valence-corrected chi connectivity index (χ1v) is 19.6. The van der Waals surface area contributed by atoms with E-state index in [1.165, 1.54) is 43.9 Å². The second kappa shape index (κ2) is 21.4. The summed E-state index contributed by atoms with van der Waals surface area (Å²) in [4.78, 5) is 34.4. The highest BCUT2D eigenvalue weighted by atomic mass is 19.2. The molecule has 0 heterocycles. The number of nitriles is 1. The highest BCUT2D eigenvalue weighted by Gasteiger charge is 2.23. The van der Waals surface area contributed by atoms with E-state index in [-0.39, 0.29) is 12.6 Å². The highest BCUT2D eigenvalue weighted by molar-refractivity contribution is 5.92. The number of halogens is 2. The van der Waals surface area contributed by atoms with Crippen LogP contribution in [0.2, 0.25) is 0 Å². The second-order valence-electron chi connectivity index (χ2n) is 14.7. The van der Waals surface area contributed by atoms with Crippen LogP contribution in [-0.4, -0.2) is 24.5 Å². The van der Waals surface area contributed by atoms with Crippen LogP contribution in [-0.2, 0) is 25.7 Å². The first-order chi connectivity index (χ1) is 27.6. The van der Waals surface area contributed by atoms with Gasteiger partial charge in [-0.05, 0) is 158 Å². The van der Waals surface area contributed by atoms with Gasteiger partial charge in [0.05, 0.1) is 23.8 Å². The summed E-state index contributed by atoms with van der Waals surface area (Å²) in [5.74, 6) is 0.00415. The Bertz CT molecular complexity index is 2090. The zero-order valence-electron chi connectivity index (χ0n) is 32.2. The molecular formula is C48H49F2NO6. The third-order valence-electron chi connectivity index (χ3n) is 10.8. The molecule has 0 spiro atoms. The quantitative estimate of drug-likeness (QED) is 0.0438. The molecule has 2 saturated carbocycles. The SMILES string of the molecule is C=CC(=O)OCCCC1CCC(/C=C/C2CCC(c3ccc(F)c(F)c3)CC2)CC1.C=CC(=O)OCc1ccc(C(=O)Oc2ccc3cc(C#N)ccc3c2)cc1. The molecule has 0 bridgehead atoms. The number of carbonyl (C=O) groups excluding carboxylic acids is 3. The summed E-state index contributed by atoms with van der Waals surface area (Å²) in [5, 5.41) is 10.7. The highest BCUT2D eigenvalue weighted by Crippen LogP contribution is 2.38. The zero-order valence-corrected chi connectivity index (χ0v) is 32.2. The molecule has 4 aromatic rings. The molecule has 0 saturated heterocycles. The van der Waals surface area contributed by atoms with E-state index >= 15 is 0 Å². The van der Waals surface area contributed by atoms with Crippen molar-refractivity contribution in [3.63, 3.8) is 0 Å². The molecule has 9 heteroatoms. The standard InChI is InChI=1S/C26H34F2O2.C22H15NO4/c1-2-26(29)30-17-3-4-19-5-7-20(8-6-19)9-10-21-11-13-22(14-12-21)23-15-16-24(27)25(28)18-23;1-2-21(24)26-14-15-3-6-17(7-4-15)22(25)27-20-10-9-18-11-16(13-23)5-8-19(18)12-20/h2,9-10,15-16,18-22H,1,3-8,11-14,17H2;2-12H,1,14H2/b10-9+;. The predicted octanol–water partition coefficient (Wildman–Crippen LogP) is 11.3. The summed E-state index contributed by atoms with van der Waals surface area (Å²) in [6.07, 6.45) is 18.6. The molecule has 2 aliphatic carbocycles.